The molecule has 10 heteroatoms. The van der Waals surface area contributed by atoms with Gasteiger partial charge in [-0.15, -0.1) is 0 Å². The van der Waals surface area contributed by atoms with E-state index in [1.54, 1.807) is 13.0 Å². The summed E-state index contributed by atoms with van der Waals surface area (Å²) in [6.45, 7) is 1.69. The van der Waals surface area contributed by atoms with Crippen molar-refractivity contribution in [2.24, 2.45) is 4.99 Å². The van der Waals surface area contributed by atoms with Gasteiger partial charge in [-0.05, 0) is 19.1 Å². The standard InChI is InChI=1S/C14H8F5NO.2ClH.Ti/c1-6-2-3-8(21)7(4-6)5-20-14-12(18)10(16)9(15)11(17)13(14)19;;;/h2-5,21H,1H3;2*1H;/q;;;+2/p-2. The average molecular weight is 420 g/mol. The summed E-state index contributed by atoms with van der Waals surface area (Å²) in [5, 5.41) is 9.52. The first-order valence-corrected chi connectivity index (χ1v) is 10.4. The Morgan fingerprint density at radius 3 is 1.92 bits per heavy atom. The molecule has 0 aliphatic rings. The summed E-state index contributed by atoms with van der Waals surface area (Å²) < 4.78 is 65.6. The van der Waals surface area contributed by atoms with Crippen molar-refractivity contribution >= 4 is 30.5 Å². The van der Waals surface area contributed by atoms with Crippen LogP contribution in [0, 0.1) is 36.0 Å². The van der Waals surface area contributed by atoms with Gasteiger partial charge in [0, 0.05) is 11.8 Å². The monoisotopic (exact) mass is 419 g/mol. The van der Waals surface area contributed by atoms with Gasteiger partial charge in [-0.1, -0.05) is 11.6 Å². The van der Waals surface area contributed by atoms with Crippen molar-refractivity contribution in [1.29, 1.82) is 0 Å². The van der Waals surface area contributed by atoms with Gasteiger partial charge in [-0.25, -0.2) is 26.9 Å². The summed E-state index contributed by atoms with van der Waals surface area (Å²) in [6.07, 6.45) is 0.820. The fraction of sp³-hybridized carbons (Fsp3) is 0.0714. The Bertz CT molecular complexity index is 744. The van der Waals surface area contributed by atoms with E-state index in [1.807, 2.05) is 0 Å². The van der Waals surface area contributed by atoms with E-state index < -0.39 is 51.8 Å². The molecule has 0 spiro atoms. The summed E-state index contributed by atoms with van der Waals surface area (Å²) in [7, 11) is 9.78. The minimum absolute atomic E-state index is 0.0824. The van der Waals surface area contributed by atoms with E-state index in [0.29, 0.717) is 5.56 Å². The van der Waals surface area contributed by atoms with Crippen LogP contribution in [0.1, 0.15) is 11.1 Å². The topological polar surface area (TPSA) is 32.6 Å². The van der Waals surface area contributed by atoms with E-state index in [4.69, 9.17) is 18.6 Å². The molecule has 0 aliphatic carbocycles. The van der Waals surface area contributed by atoms with E-state index in [-0.39, 0.29) is 11.3 Å². The molecule has 2 aromatic carbocycles. The Morgan fingerprint density at radius 2 is 1.42 bits per heavy atom. The Hall–Kier alpha value is -1.15. The van der Waals surface area contributed by atoms with Crippen molar-refractivity contribution in [3.05, 3.63) is 58.4 Å². The van der Waals surface area contributed by atoms with Gasteiger partial charge in [-0.3, -0.25) is 0 Å². The fourth-order valence-corrected chi connectivity index (χ4v) is 1.62. The molecule has 0 aliphatic heterocycles. The van der Waals surface area contributed by atoms with Crippen LogP contribution in [0.4, 0.5) is 27.6 Å². The van der Waals surface area contributed by atoms with Crippen molar-refractivity contribution in [2.45, 2.75) is 6.92 Å². The minimum atomic E-state index is -2.25. The van der Waals surface area contributed by atoms with Crippen LogP contribution in [0.3, 0.4) is 0 Å². The second-order valence-electron chi connectivity index (χ2n) is 4.31. The summed E-state index contributed by atoms with van der Waals surface area (Å²) in [4.78, 5) is 3.26. The number of aliphatic imine (C=N–C) groups is 1. The molecule has 2 rings (SSSR count). The zero-order valence-electron chi connectivity index (χ0n) is 11.8. The van der Waals surface area contributed by atoms with Crippen LogP contribution in [0.25, 0.3) is 0 Å². The maximum absolute atomic E-state index is 13.4. The molecule has 0 aromatic heterocycles. The van der Waals surface area contributed by atoms with Crippen LogP contribution < -0.4 is 0 Å². The number of halogens is 7. The van der Waals surface area contributed by atoms with Crippen LogP contribution in [-0.2, 0) is 17.0 Å². The van der Waals surface area contributed by atoms with Crippen LogP contribution in [-0.4, -0.2) is 11.3 Å². The predicted molar refractivity (Wildman–Crippen MR) is 78.0 cm³/mol. The summed E-state index contributed by atoms with van der Waals surface area (Å²) in [5.74, 6) is -10.7. The molecule has 0 fully saturated rings. The van der Waals surface area contributed by atoms with Crippen LogP contribution >= 0.6 is 18.6 Å². The number of benzene rings is 2. The predicted octanol–water partition coefficient (Wildman–Crippen LogP) is 5.52. The van der Waals surface area contributed by atoms with Crippen LogP contribution in [0.15, 0.2) is 23.2 Å². The van der Waals surface area contributed by atoms with Gasteiger partial charge < -0.3 is 5.11 Å². The SMILES string of the molecule is Cc1ccc(O)c(C=Nc2c(F)c(F)c(F)c(F)c2F)c1.[Cl][Ti][Cl]. The number of hydrogen-bond donors (Lipinski definition) is 1. The molecule has 2 nitrogen and oxygen atoms in total. The molecule has 0 radical (unpaired) electrons. The van der Waals surface area contributed by atoms with E-state index in [2.05, 4.69) is 4.99 Å². The number of aromatic hydroxyl groups is 1. The van der Waals surface area contributed by atoms with Gasteiger partial charge in [0.1, 0.15) is 11.4 Å². The normalized spacial score (nSPS) is 10.5. The first-order chi connectivity index (χ1) is 11.2. The summed E-state index contributed by atoms with van der Waals surface area (Å²) in [6, 6.07) is 4.32. The number of aryl methyl sites for hydroxylation is 1. The van der Waals surface area contributed by atoms with E-state index in [1.165, 1.54) is 12.1 Å². The summed E-state index contributed by atoms with van der Waals surface area (Å²) in [5.41, 5.74) is -0.516. The number of hydrogen-bond acceptors (Lipinski definition) is 2. The van der Waals surface area contributed by atoms with Crippen molar-refractivity contribution in [3.63, 3.8) is 0 Å². The van der Waals surface area contributed by atoms with Crippen LogP contribution in [0.2, 0.25) is 0 Å². The molecule has 0 unspecified atom stereocenters. The Morgan fingerprint density at radius 1 is 0.958 bits per heavy atom. The first kappa shape index (κ1) is 20.9. The maximum atomic E-state index is 13.4. The zero-order valence-corrected chi connectivity index (χ0v) is 14.9. The Labute approximate surface area is 150 Å². The van der Waals surface area contributed by atoms with Crippen molar-refractivity contribution < 1.29 is 44.1 Å². The quantitative estimate of drug-likeness (QED) is 0.224. The van der Waals surface area contributed by atoms with E-state index in [9.17, 15) is 27.1 Å². The molecule has 0 bridgehead atoms. The molecule has 0 heterocycles. The second-order valence-corrected chi connectivity index (χ2v) is 6.89. The first-order valence-electron chi connectivity index (χ1n) is 6.05. The molecule has 0 amide bonds. The molecule has 128 valence electrons. The average Bonchev–Trinajstić information content (AvgIpc) is 2.55. The number of phenols is 1. The third kappa shape index (κ3) is 4.93. The van der Waals surface area contributed by atoms with Gasteiger partial charge in [0.25, 0.3) is 0 Å². The Balaban J connectivity index is 0.000000891. The van der Waals surface area contributed by atoms with Gasteiger partial charge in [-0.2, -0.15) is 0 Å². The molecule has 0 atom stereocenters. The summed E-state index contributed by atoms with van der Waals surface area (Å²) >= 11 is -0.556. The van der Waals surface area contributed by atoms with Crippen molar-refractivity contribution in [3.8, 4) is 5.75 Å². The molecule has 0 saturated heterocycles. The number of phenolic OH excluding ortho intramolecular Hbond substituents is 1. The van der Waals surface area contributed by atoms with Crippen LogP contribution in [0.5, 0.6) is 5.75 Å². The Kier molecular flexibility index (Phi) is 8.16. The van der Waals surface area contributed by atoms with Crippen molar-refractivity contribution in [2.75, 3.05) is 0 Å². The zero-order chi connectivity index (χ0) is 18.4. The number of nitrogens with zero attached hydrogens (tertiary/aromatic N) is 1. The van der Waals surface area contributed by atoms with Gasteiger partial charge in [0.2, 0.25) is 5.82 Å². The molecule has 1 N–H and O–H groups in total. The molecular weight excluding hydrogens is 412 g/mol. The molecule has 24 heavy (non-hydrogen) atoms. The molecule has 0 saturated carbocycles. The van der Waals surface area contributed by atoms with Gasteiger partial charge in [0.15, 0.2) is 23.3 Å². The van der Waals surface area contributed by atoms with E-state index in [0.717, 1.165) is 6.21 Å². The number of rotatable bonds is 2. The fourth-order valence-electron chi connectivity index (χ4n) is 1.62. The third-order valence-electron chi connectivity index (χ3n) is 2.70. The van der Waals surface area contributed by atoms with Gasteiger partial charge in [0.05, 0.1) is 0 Å². The molecule has 2 aromatic rings. The van der Waals surface area contributed by atoms with Crippen molar-refractivity contribution in [1.82, 2.24) is 0 Å². The second kappa shape index (κ2) is 9.37. The third-order valence-corrected chi connectivity index (χ3v) is 2.70. The van der Waals surface area contributed by atoms with Gasteiger partial charge >= 0.3 is 35.6 Å². The molecular formula is C14H8Cl2F5NOTi. The van der Waals surface area contributed by atoms with E-state index >= 15 is 0 Å².